The molecular formula is C18H21N3O3. The van der Waals surface area contributed by atoms with Crippen LogP contribution in [0.3, 0.4) is 0 Å². The Hall–Kier alpha value is -2.47. The number of carboxylic acid groups (broad SMARTS) is 1. The lowest BCUT2D eigenvalue weighted by Crippen LogP contribution is -2.46. The maximum absolute atomic E-state index is 12.2. The molecule has 2 heterocycles. The van der Waals surface area contributed by atoms with E-state index in [4.69, 9.17) is 0 Å². The monoisotopic (exact) mass is 327 g/mol. The predicted octanol–water partition coefficient (Wildman–Crippen LogP) is 2.16. The largest absolute Gasteiger partial charge is 0.478 e. The second kappa shape index (κ2) is 5.56. The zero-order valence-electron chi connectivity index (χ0n) is 14.2. The number of fused-ring (bicyclic) bond motifs is 1. The molecule has 126 valence electrons. The number of aromatic nitrogens is 1. The van der Waals surface area contributed by atoms with Crippen LogP contribution < -0.4 is 10.6 Å². The van der Waals surface area contributed by atoms with Crippen LogP contribution in [0.25, 0.3) is 10.9 Å². The molecule has 0 aliphatic carbocycles. The zero-order valence-corrected chi connectivity index (χ0v) is 14.2. The van der Waals surface area contributed by atoms with Gasteiger partial charge < -0.3 is 10.4 Å². The molecule has 6 nitrogen and oxygen atoms in total. The van der Waals surface area contributed by atoms with Crippen LogP contribution in [0.2, 0.25) is 0 Å². The van der Waals surface area contributed by atoms with Crippen LogP contribution in [0.1, 0.15) is 42.4 Å². The molecule has 2 unspecified atom stereocenters. The number of carbonyl (C=O) groups excluding carboxylic acids is 1. The van der Waals surface area contributed by atoms with Gasteiger partial charge in [0.1, 0.15) is 5.66 Å². The van der Waals surface area contributed by atoms with Crippen molar-refractivity contribution in [2.24, 2.45) is 5.92 Å². The van der Waals surface area contributed by atoms with Gasteiger partial charge in [-0.15, -0.1) is 0 Å². The zero-order chi connectivity index (χ0) is 17.6. The van der Waals surface area contributed by atoms with Gasteiger partial charge in [-0.1, -0.05) is 25.5 Å². The van der Waals surface area contributed by atoms with Gasteiger partial charge in [-0.05, 0) is 38.0 Å². The molecule has 2 atom stereocenters. The van der Waals surface area contributed by atoms with Crippen molar-refractivity contribution in [3.8, 4) is 0 Å². The average Bonchev–Trinajstić information content (AvgIpc) is 2.82. The van der Waals surface area contributed by atoms with Crippen molar-refractivity contribution in [1.29, 1.82) is 0 Å². The van der Waals surface area contributed by atoms with Gasteiger partial charge in [0.2, 0.25) is 5.91 Å². The van der Waals surface area contributed by atoms with Crippen LogP contribution in [-0.2, 0) is 10.5 Å². The van der Waals surface area contributed by atoms with E-state index in [1.54, 1.807) is 13.0 Å². The molecular weight excluding hydrogens is 306 g/mol. The molecule has 0 saturated carbocycles. The van der Waals surface area contributed by atoms with Crippen molar-refractivity contribution in [2.75, 3.05) is 0 Å². The maximum Gasteiger partial charge on any atom is 0.337 e. The third-order valence-electron chi connectivity index (χ3n) is 4.44. The summed E-state index contributed by atoms with van der Waals surface area (Å²) in [5, 5.41) is 16.5. The molecule has 1 aromatic carbocycles. The van der Waals surface area contributed by atoms with E-state index in [1.165, 1.54) is 0 Å². The van der Waals surface area contributed by atoms with E-state index >= 15 is 0 Å². The van der Waals surface area contributed by atoms with Crippen molar-refractivity contribution in [2.45, 2.75) is 39.4 Å². The maximum atomic E-state index is 12.2. The smallest absolute Gasteiger partial charge is 0.337 e. The lowest BCUT2D eigenvalue weighted by molar-refractivity contribution is -0.121. The number of amides is 1. The third-order valence-corrected chi connectivity index (χ3v) is 4.44. The molecule has 0 bridgehead atoms. The standard InChI is InChI=1S/C18H21N3O3/c1-9(2)14-16(22)21-18(4,20-14)15-12(17(23)24)8-11-7-10(3)5-6-13(11)19-15/h5-9,14,20H,1-4H3,(H,21,22)(H,23,24). The summed E-state index contributed by atoms with van der Waals surface area (Å²) in [6, 6.07) is 6.93. The summed E-state index contributed by atoms with van der Waals surface area (Å²) in [5.74, 6) is -1.12. The third kappa shape index (κ3) is 2.63. The van der Waals surface area contributed by atoms with Crippen molar-refractivity contribution in [3.05, 3.63) is 41.1 Å². The van der Waals surface area contributed by atoms with Crippen LogP contribution in [-0.4, -0.2) is 28.0 Å². The molecule has 1 amide bonds. The topological polar surface area (TPSA) is 91.3 Å². The normalized spacial score (nSPS) is 23.7. The fraction of sp³-hybridized carbons (Fsp3) is 0.389. The lowest BCUT2D eigenvalue weighted by Gasteiger charge is -2.27. The first-order valence-electron chi connectivity index (χ1n) is 7.96. The van der Waals surface area contributed by atoms with E-state index in [0.717, 1.165) is 10.9 Å². The minimum Gasteiger partial charge on any atom is -0.478 e. The summed E-state index contributed by atoms with van der Waals surface area (Å²) < 4.78 is 0. The summed E-state index contributed by atoms with van der Waals surface area (Å²) >= 11 is 0. The second-order valence-electron chi connectivity index (χ2n) is 6.87. The van der Waals surface area contributed by atoms with E-state index in [0.29, 0.717) is 11.2 Å². The summed E-state index contributed by atoms with van der Waals surface area (Å²) in [6.45, 7) is 7.58. The highest BCUT2D eigenvalue weighted by atomic mass is 16.4. The number of hydrogen-bond acceptors (Lipinski definition) is 4. The molecule has 1 saturated heterocycles. The highest BCUT2D eigenvalue weighted by Crippen LogP contribution is 2.29. The number of carboxylic acids is 1. The van der Waals surface area contributed by atoms with Crippen LogP contribution in [0.5, 0.6) is 0 Å². The molecule has 0 spiro atoms. The fourth-order valence-electron chi connectivity index (χ4n) is 3.17. The van der Waals surface area contributed by atoms with E-state index < -0.39 is 11.6 Å². The Morgan fingerprint density at radius 3 is 2.62 bits per heavy atom. The molecule has 0 radical (unpaired) electrons. The van der Waals surface area contributed by atoms with Crippen molar-refractivity contribution in [3.63, 3.8) is 0 Å². The van der Waals surface area contributed by atoms with Crippen LogP contribution >= 0.6 is 0 Å². The highest BCUT2D eigenvalue weighted by molar-refractivity contribution is 5.95. The molecule has 24 heavy (non-hydrogen) atoms. The van der Waals surface area contributed by atoms with Crippen LogP contribution in [0.4, 0.5) is 0 Å². The number of nitrogens with one attached hydrogen (secondary N) is 2. The van der Waals surface area contributed by atoms with Crippen molar-refractivity contribution in [1.82, 2.24) is 15.6 Å². The van der Waals surface area contributed by atoms with E-state index in [1.807, 2.05) is 39.0 Å². The van der Waals surface area contributed by atoms with Gasteiger partial charge in [0.15, 0.2) is 0 Å². The molecule has 3 N–H and O–H groups in total. The highest BCUT2D eigenvalue weighted by Gasteiger charge is 2.45. The Bertz CT molecular complexity index is 847. The fourth-order valence-corrected chi connectivity index (χ4v) is 3.17. The average molecular weight is 327 g/mol. The van der Waals surface area contributed by atoms with Crippen LogP contribution in [0.15, 0.2) is 24.3 Å². The second-order valence-corrected chi connectivity index (χ2v) is 6.87. The van der Waals surface area contributed by atoms with Crippen molar-refractivity contribution < 1.29 is 14.7 Å². The molecule has 1 aliphatic rings. The number of hydrogen-bond donors (Lipinski definition) is 3. The Morgan fingerprint density at radius 1 is 1.33 bits per heavy atom. The Morgan fingerprint density at radius 2 is 2.04 bits per heavy atom. The number of carbonyl (C=O) groups is 2. The molecule has 1 aromatic heterocycles. The molecule has 6 heteroatoms. The number of aromatic carboxylic acids is 1. The Balaban J connectivity index is 2.18. The van der Waals surface area contributed by atoms with Gasteiger partial charge in [-0.3, -0.25) is 10.1 Å². The minimum atomic E-state index is -1.06. The van der Waals surface area contributed by atoms with Gasteiger partial charge in [-0.25, -0.2) is 9.78 Å². The summed E-state index contributed by atoms with van der Waals surface area (Å²) in [5.41, 5.74) is 1.13. The van der Waals surface area contributed by atoms with Gasteiger partial charge in [0, 0.05) is 5.39 Å². The number of benzene rings is 1. The van der Waals surface area contributed by atoms with E-state index in [9.17, 15) is 14.7 Å². The summed E-state index contributed by atoms with van der Waals surface area (Å²) in [4.78, 5) is 28.6. The summed E-state index contributed by atoms with van der Waals surface area (Å²) in [7, 11) is 0. The molecule has 2 aromatic rings. The number of rotatable bonds is 3. The quantitative estimate of drug-likeness (QED) is 0.803. The summed E-state index contributed by atoms with van der Waals surface area (Å²) in [6.07, 6.45) is 0. The molecule has 1 aliphatic heterocycles. The number of nitrogens with zero attached hydrogens (tertiary/aromatic N) is 1. The van der Waals surface area contributed by atoms with Gasteiger partial charge >= 0.3 is 5.97 Å². The predicted molar refractivity (Wildman–Crippen MR) is 90.7 cm³/mol. The SMILES string of the molecule is Cc1ccc2nc(C3(C)NC(=O)C(C(C)C)N3)c(C(=O)O)cc2c1. The number of pyridine rings is 1. The molecule has 3 rings (SSSR count). The van der Waals surface area contributed by atoms with Crippen LogP contribution in [0, 0.1) is 12.8 Å². The van der Waals surface area contributed by atoms with E-state index in [2.05, 4.69) is 15.6 Å². The molecule has 1 fully saturated rings. The van der Waals surface area contributed by atoms with Crippen molar-refractivity contribution >= 4 is 22.8 Å². The minimum absolute atomic E-state index is 0.0863. The Kier molecular flexibility index (Phi) is 3.80. The number of aryl methyl sites for hydroxylation is 1. The van der Waals surface area contributed by atoms with Gasteiger partial charge in [-0.2, -0.15) is 0 Å². The van der Waals surface area contributed by atoms with E-state index in [-0.39, 0.29) is 23.4 Å². The first kappa shape index (κ1) is 16.4. The first-order chi connectivity index (χ1) is 11.2. The Labute approximate surface area is 140 Å². The first-order valence-corrected chi connectivity index (χ1v) is 7.96. The lowest BCUT2D eigenvalue weighted by atomic mass is 9.99. The van der Waals surface area contributed by atoms with Gasteiger partial charge in [0.05, 0.1) is 22.8 Å². The van der Waals surface area contributed by atoms with Gasteiger partial charge in [0.25, 0.3) is 0 Å².